The van der Waals surface area contributed by atoms with Crippen LogP contribution in [0.15, 0.2) is 18.2 Å². The van der Waals surface area contributed by atoms with Crippen molar-refractivity contribution in [1.82, 2.24) is 0 Å². The van der Waals surface area contributed by atoms with Gasteiger partial charge in [-0.3, -0.25) is 4.79 Å². The molecular weight excluding hydrogens is 273 g/mol. The van der Waals surface area contributed by atoms with Crippen molar-refractivity contribution in [3.8, 4) is 5.75 Å². The van der Waals surface area contributed by atoms with Crippen LogP contribution in [0.3, 0.4) is 0 Å². The largest absolute Gasteiger partial charge is 0.508 e. The van der Waals surface area contributed by atoms with Crippen LogP contribution in [0.5, 0.6) is 5.75 Å². The standard InChI is InChI=1S/C10H9F3O2S2/c11-10(12,13)9(15)5-2-1-3-7(14)6(5)4-8(16)17/h1-3,8,14,16-17H,4H2. The minimum absolute atomic E-state index is 0.0456. The predicted molar refractivity (Wildman–Crippen MR) is 64.0 cm³/mol. The van der Waals surface area contributed by atoms with Crippen molar-refractivity contribution in [3.05, 3.63) is 29.3 Å². The molecule has 7 heteroatoms. The van der Waals surface area contributed by atoms with Gasteiger partial charge in [0, 0.05) is 15.7 Å². The molecular formula is C10H9F3O2S2. The fourth-order valence-electron chi connectivity index (χ4n) is 1.34. The van der Waals surface area contributed by atoms with E-state index in [4.69, 9.17) is 0 Å². The highest BCUT2D eigenvalue weighted by molar-refractivity contribution is 7.99. The SMILES string of the molecule is O=C(c1cccc(O)c1CC(S)S)C(F)(F)F. The predicted octanol–water partition coefficient (Wildman–Crippen LogP) is 2.87. The molecule has 0 bridgehead atoms. The molecule has 0 aliphatic rings. The molecule has 17 heavy (non-hydrogen) atoms. The molecule has 1 aromatic carbocycles. The van der Waals surface area contributed by atoms with Crippen molar-refractivity contribution in [1.29, 1.82) is 0 Å². The van der Waals surface area contributed by atoms with Gasteiger partial charge in [-0.05, 0) is 12.5 Å². The highest BCUT2D eigenvalue weighted by Crippen LogP contribution is 2.30. The lowest BCUT2D eigenvalue weighted by molar-refractivity contribution is -0.0885. The van der Waals surface area contributed by atoms with E-state index in [1.165, 1.54) is 12.1 Å². The van der Waals surface area contributed by atoms with Gasteiger partial charge in [0.05, 0.1) is 0 Å². The summed E-state index contributed by atoms with van der Waals surface area (Å²) in [5, 5.41) is 9.47. The van der Waals surface area contributed by atoms with Crippen LogP contribution in [0.4, 0.5) is 13.2 Å². The van der Waals surface area contributed by atoms with E-state index in [2.05, 4.69) is 25.3 Å². The molecule has 2 nitrogen and oxygen atoms in total. The Bertz CT molecular complexity index is 430. The Hall–Kier alpha value is -0.820. The zero-order valence-corrected chi connectivity index (χ0v) is 10.2. The number of alkyl halides is 3. The van der Waals surface area contributed by atoms with E-state index in [-0.39, 0.29) is 17.7 Å². The van der Waals surface area contributed by atoms with Crippen LogP contribution in [-0.2, 0) is 6.42 Å². The summed E-state index contributed by atoms with van der Waals surface area (Å²) in [4.78, 5) is 11.1. The molecule has 1 rings (SSSR count). The highest BCUT2D eigenvalue weighted by Gasteiger charge is 2.40. The number of phenols is 1. The topological polar surface area (TPSA) is 37.3 Å². The van der Waals surface area contributed by atoms with Crippen molar-refractivity contribution in [2.24, 2.45) is 0 Å². The van der Waals surface area contributed by atoms with Gasteiger partial charge < -0.3 is 5.11 Å². The van der Waals surface area contributed by atoms with Gasteiger partial charge in [-0.25, -0.2) is 0 Å². The summed E-state index contributed by atoms with van der Waals surface area (Å²) in [5.41, 5.74) is -0.657. The maximum atomic E-state index is 12.3. The first-order valence-corrected chi connectivity index (χ1v) is 5.55. The lowest BCUT2D eigenvalue weighted by Crippen LogP contribution is -2.24. The highest BCUT2D eigenvalue weighted by atomic mass is 32.2. The minimum atomic E-state index is -4.97. The summed E-state index contributed by atoms with van der Waals surface area (Å²) in [6.45, 7) is 0. The fourth-order valence-corrected chi connectivity index (χ4v) is 1.70. The van der Waals surface area contributed by atoms with Crippen LogP contribution < -0.4 is 0 Å². The third-order valence-corrected chi connectivity index (χ3v) is 2.41. The Labute approximate surface area is 107 Å². The van der Waals surface area contributed by atoms with E-state index in [0.717, 1.165) is 6.07 Å². The Kier molecular flexibility index (Phi) is 4.37. The van der Waals surface area contributed by atoms with Gasteiger partial charge in [0.25, 0.3) is 5.78 Å². The zero-order valence-electron chi connectivity index (χ0n) is 8.40. The van der Waals surface area contributed by atoms with E-state index < -0.39 is 22.1 Å². The van der Waals surface area contributed by atoms with Gasteiger partial charge in [-0.2, -0.15) is 38.4 Å². The maximum absolute atomic E-state index is 12.3. The van der Waals surface area contributed by atoms with Gasteiger partial charge in [-0.1, -0.05) is 12.1 Å². The number of ketones is 1. The normalized spacial score (nSPS) is 11.9. The lowest BCUT2D eigenvalue weighted by Gasteiger charge is -2.13. The maximum Gasteiger partial charge on any atom is 0.454 e. The van der Waals surface area contributed by atoms with E-state index >= 15 is 0 Å². The zero-order chi connectivity index (χ0) is 13.2. The number of Topliss-reactive ketones (excluding diaryl/α,β-unsaturated/α-hetero) is 1. The molecule has 1 N–H and O–H groups in total. The van der Waals surface area contributed by atoms with Gasteiger partial charge in [0.2, 0.25) is 0 Å². The molecule has 0 atom stereocenters. The average Bonchev–Trinajstić information content (AvgIpc) is 2.18. The van der Waals surface area contributed by atoms with Crippen LogP contribution in [0.25, 0.3) is 0 Å². The lowest BCUT2D eigenvalue weighted by atomic mass is 10.00. The van der Waals surface area contributed by atoms with Gasteiger partial charge in [0.15, 0.2) is 0 Å². The fraction of sp³-hybridized carbons (Fsp3) is 0.300. The molecule has 0 aliphatic heterocycles. The summed E-state index contributed by atoms with van der Waals surface area (Å²) in [7, 11) is 0. The Balaban J connectivity index is 3.24. The van der Waals surface area contributed by atoms with Crippen LogP contribution >= 0.6 is 25.3 Å². The molecule has 0 aromatic heterocycles. The first-order valence-electron chi connectivity index (χ1n) is 4.52. The number of carbonyl (C=O) groups is 1. The van der Waals surface area contributed by atoms with Gasteiger partial charge in [-0.15, -0.1) is 0 Å². The van der Waals surface area contributed by atoms with Crippen molar-refractivity contribution in [3.63, 3.8) is 0 Å². The summed E-state index contributed by atoms with van der Waals surface area (Å²) < 4.78 is 36.4. The first-order chi connectivity index (χ1) is 7.73. The van der Waals surface area contributed by atoms with Crippen LogP contribution in [-0.4, -0.2) is 21.6 Å². The number of rotatable bonds is 3. The summed E-state index contributed by atoms with van der Waals surface area (Å²) in [6.07, 6.45) is -5.01. The van der Waals surface area contributed by atoms with Gasteiger partial charge >= 0.3 is 6.18 Å². The quantitative estimate of drug-likeness (QED) is 0.453. The number of benzene rings is 1. The second kappa shape index (κ2) is 5.22. The Morgan fingerprint density at radius 2 is 1.94 bits per heavy atom. The average molecular weight is 282 g/mol. The molecule has 0 heterocycles. The number of carbonyl (C=O) groups excluding carboxylic acids is 1. The number of halogens is 3. The summed E-state index contributed by atoms with van der Waals surface area (Å²) in [5.74, 6) is -2.35. The van der Waals surface area contributed by atoms with Crippen molar-refractivity contribution >= 4 is 31.0 Å². The number of hydrogen-bond acceptors (Lipinski definition) is 4. The van der Waals surface area contributed by atoms with E-state index in [1.54, 1.807) is 0 Å². The molecule has 0 radical (unpaired) electrons. The number of phenolic OH excluding ortho intramolecular Hbond substituents is 1. The number of aromatic hydroxyl groups is 1. The van der Waals surface area contributed by atoms with E-state index in [0.29, 0.717) is 0 Å². The molecule has 0 fully saturated rings. The first kappa shape index (κ1) is 14.2. The van der Waals surface area contributed by atoms with Crippen LogP contribution in [0.2, 0.25) is 0 Å². The molecule has 0 amide bonds. The van der Waals surface area contributed by atoms with E-state index in [9.17, 15) is 23.1 Å². The molecule has 0 spiro atoms. The van der Waals surface area contributed by atoms with Crippen LogP contribution in [0.1, 0.15) is 15.9 Å². The second-order valence-corrected chi connectivity index (χ2v) is 4.97. The second-order valence-electron chi connectivity index (χ2n) is 3.31. The van der Waals surface area contributed by atoms with E-state index in [1.807, 2.05) is 0 Å². The number of hydrogen-bond donors (Lipinski definition) is 3. The van der Waals surface area contributed by atoms with Crippen molar-refractivity contribution in [2.75, 3.05) is 0 Å². The Morgan fingerprint density at radius 1 is 1.35 bits per heavy atom. The molecule has 0 aliphatic carbocycles. The molecule has 0 unspecified atom stereocenters. The molecule has 0 saturated carbocycles. The minimum Gasteiger partial charge on any atom is -0.508 e. The summed E-state index contributed by atoms with van der Waals surface area (Å²) >= 11 is 7.81. The monoisotopic (exact) mass is 282 g/mol. The van der Waals surface area contributed by atoms with Crippen molar-refractivity contribution in [2.45, 2.75) is 17.2 Å². The van der Waals surface area contributed by atoms with Gasteiger partial charge in [0.1, 0.15) is 5.75 Å². The third-order valence-electron chi connectivity index (χ3n) is 2.04. The summed E-state index contributed by atoms with van der Waals surface area (Å²) in [6, 6.07) is 3.42. The molecule has 1 aromatic rings. The third kappa shape index (κ3) is 3.57. The smallest absolute Gasteiger partial charge is 0.454 e. The van der Waals surface area contributed by atoms with Crippen molar-refractivity contribution < 1.29 is 23.1 Å². The molecule has 0 saturated heterocycles. The van der Waals surface area contributed by atoms with Crippen LogP contribution in [0, 0.1) is 0 Å². The molecule has 94 valence electrons. The number of thiol groups is 2. The Morgan fingerprint density at radius 3 is 2.41 bits per heavy atom.